The van der Waals surface area contributed by atoms with Crippen molar-refractivity contribution in [2.75, 3.05) is 18.8 Å². The first kappa shape index (κ1) is 16.7. The van der Waals surface area contributed by atoms with Gasteiger partial charge in [0.1, 0.15) is 0 Å². The van der Waals surface area contributed by atoms with E-state index < -0.39 is 10.0 Å². The minimum Gasteiger partial charge on any atom is -0.398 e. The number of amides is 1. The number of nitrogens with two attached hydrogens (primary N) is 1. The van der Waals surface area contributed by atoms with Crippen LogP contribution in [0.3, 0.4) is 0 Å². The zero-order chi connectivity index (χ0) is 15.3. The molecular weight excluding hydrogens is 302 g/mol. The van der Waals surface area contributed by atoms with Crippen LogP contribution in [-0.4, -0.2) is 27.4 Å². The molecule has 112 valence electrons. The van der Waals surface area contributed by atoms with Crippen molar-refractivity contribution in [1.29, 1.82) is 0 Å². The molecule has 1 aromatic rings. The summed E-state index contributed by atoms with van der Waals surface area (Å²) in [5.41, 5.74) is 6.63. The molecule has 1 aromatic carbocycles. The van der Waals surface area contributed by atoms with E-state index in [1.807, 2.05) is 0 Å². The predicted molar refractivity (Wildman–Crippen MR) is 79.1 cm³/mol. The fourth-order valence-corrected chi connectivity index (χ4v) is 2.88. The molecule has 0 unspecified atom stereocenters. The lowest BCUT2D eigenvalue weighted by molar-refractivity contribution is -0.120. The number of hydrogen-bond acceptors (Lipinski definition) is 4. The maximum atomic E-state index is 12.0. The molecule has 8 heteroatoms. The van der Waals surface area contributed by atoms with Crippen molar-refractivity contribution < 1.29 is 13.2 Å². The molecule has 0 heterocycles. The van der Waals surface area contributed by atoms with Crippen LogP contribution < -0.4 is 15.8 Å². The second kappa shape index (κ2) is 6.92. The molecule has 0 aliphatic carbocycles. The van der Waals surface area contributed by atoms with E-state index in [1.165, 1.54) is 12.1 Å². The quantitative estimate of drug-likeness (QED) is 0.682. The summed E-state index contributed by atoms with van der Waals surface area (Å²) in [4.78, 5) is 11.2. The van der Waals surface area contributed by atoms with Gasteiger partial charge in [0.05, 0.1) is 4.90 Å². The third-order valence-corrected chi connectivity index (χ3v) is 4.52. The van der Waals surface area contributed by atoms with Gasteiger partial charge in [-0.3, -0.25) is 4.79 Å². The van der Waals surface area contributed by atoms with Gasteiger partial charge >= 0.3 is 0 Å². The molecule has 0 atom stereocenters. The van der Waals surface area contributed by atoms with Gasteiger partial charge in [-0.15, -0.1) is 0 Å². The second-order valence-electron chi connectivity index (χ2n) is 4.22. The van der Waals surface area contributed by atoms with Gasteiger partial charge in [0, 0.05) is 30.2 Å². The smallest absolute Gasteiger partial charge is 0.240 e. The van der Waals surface area contributed by atoms with E-state index >= 15 is 0 Å². The Morgan fingerprint density at radius 3 is 2.60 bits per heavy atom. The van der Waals surface area contributed by atoms with E-state index in [-0.39, 0.29) is 28.8 Å². The largest absolute Gasteiger partial charge is 0.398 e. The summed E-state index contributed by atoms with van der Waals surface area (Å²) in [6.07, 6.45) is 0.0716. The molecule has 0 aromatic heterocycles. The van der Waals surface area contributed by atoms with Gasteiger partial charge in [0.15, 0.2) is 0 Å². The Bertz CT molecular complexity index is 579. The number of carbonyl (C=O) groups excluding carboxylic acids is 1. The zero-order valence-electron chi connectivity index (χ0n) is 11.4. The van der Waals surface area contributed by atoms with E-state index in [9.17, 15) is 13.2 Å². The van der Waals surface area contributed by atoms with Crippen LogP contribution in [0.5, 0.6) is 0 Å². The minimum absolute atomic E-state index is 0.0125. The second-order valence-corrected chi connectivity index (χ2v) is 6.39. The van der Waals surface area contributed by atoms with Crippen molar-refractivity contribution in [3.8, 4) is 0 Å². The summed E-state index contributed by atoms with van der Waals surface area (Å²) < 4.78 is 26.4. The predicted octanol–water partition coefficient (Wildman–Crippen LogP) is 1.04. The fourth-order valence-electron chi connectivity index (χ4n) is 1.50. The van der Waals surface area contributed by atoms with Crippen LogP contribution in [0.25, 0.3) is 0 Å². The monoisotopic (exact) mass is 319 g/mol. The van der Waals surface area contributed by atoms with Gasteiger partial charge < -0.3 is 11.1 Å². The number of benzene rings is 1. The van der Waals surface area contributed by atoms with Gasteiger partial charge in [-0.1, -0.05) is 11.6 Å². The minimum atomic E-state index is -3.73. The highest BCUT2D eigenvalue weighted by molar-refractivity contribution is 7.89. The number of halogens is 1. The average Bonchev–Trinajstić information content (AvgIpc) is 2.35. The molecular formula is C12H18ClN3O3S. The van der Waals surface area contributed by atoms with Crippen LogP contribution in [0.4, 0.5) is 5.69 Å². The van der Waals surface area contributed by atoms with Crippen LogP contribution >= 0.6 is 11.6 Å². The summed E-state index contributed by atoms with van der Waals surface area (Å²) in [5.74, 6) is -0.211. The lowest BCUT2D eigenvalue weighted by Crippen LogP contribution is -2.30. The Balaban J connectivity index is 2.77. The van der Waals surface area contributed by atoms with Crippen LogP contribution in [0.15, 0.2) is 17.0 Å². The molecule has 4 N–H and O–H groups in total. The van der Waals surface area contributed by atoms with Crippen LogP contribution in [0.2, 0.25) is 5.02 Å². The molecule has 1 amide bonds. The van der Waals surface area contributed by atoms with Crippen molar-refractivity contribution in [2.45, 2.75) is 25.2 Å². The maximum absolute atomic E-state index is 12.0. The zero-order valence-corrected chi connectivity index (χ0v) is 12.9. The van der Waals surface area contributed by atoms with Crippen LogP contribution in [-0.2, 0) is 14.8 Å². The Labute approximate surface area is 123 Å². The van der Waals surface area contributed by atoms with Crippen molar-refractivity contribution in [2.24, 2.45) is 0 Å². The molecule has 0 saturated heterocycles. The first-order chi connectivity index (χ1) is 9.27. The molecule has 1 rings (SSSR count). The number of nitrogen functional groups attached to an aromatic ring is 1. The summed E-state index contributed by atoms with van der Waals surface area (Å²) in [6, 6.07) is 2.68. The fraction of sp³-hybridized carbons (Fsp3) is 0.417. The number of hydrogen-bond donors (Lipinski definition) is 3. The molecule has 0 saturated carbocycles. The highest BCUT2D eigenvalue weighted by atomic mass is 35.5. The Morgan fingerprint density at radius 1 is 1.40 bits per heavy atom. The molecule has 0 spiro atoms. The Morgan fingerprint density at radius 2 is 2.05 bits per heavy atom. The highest BCUT2D eigenvalue weighted by Gasteiger charge is 2.16. The summed E-state index contributed by atoms with van der Waals surface area (Å²) >= 11 is 5.91. The van der Waals surface area contributed by atoms with Gasteiger partial charge in [0.25, 0.3) is 0 Å². The molecule has 0 radical (unpaired) electrons. The SMILES string of the molecule is CCNC(=O)CCNS(=O)(=O)c1cc(N)c(C)c(Cl)c1. The molecule has 20 heavy (non-hydrogen) atoms. The third-order valence-electron chi connectivity index (χ3n) is 2.69. The molecule has 0 aliphatic rings. The first-order valence-electron chi connectivity index (χ1n) is 6.10. The molecule has 6 nitrogen and oxygen atoms in total. The Kier molecular flexibility index (Phi) is 5.79. The number of carbonyl (C=O) groups is 1. The lowest BCUT2D eigenvalue weighted by Gasteiger charge is -2.10. The van der Waals surface area contributed by atoms with Crippen molar-refractivity contribution in [3.05, 3.63) is 22.7 Å². The molecule has 0 fully saturated rings. The summed E-state index contributed by atoms with van der Waals surface area (Å²) in [7, 11) is -3.73. The maximum Gasteiger partial charge on any atom is 0.240 e. The van der Waals surface area contributed by atoms with E-state index in [2.05, 4.69) is 10.0 Å². The van der Waals surface area contributed by atoms with Crippen molar-refractivity contribution >= 4 is 33.2 Å². The number of nitrogens with one attached hydrogen (secondary N) is 2. The van der Waals surface area contributed by atoms with Crippen molar-refractivity contribution in [3.63, 3.8) is 0 Å². The van der Waals surface area contributed by atoms with E-state index in [0.717, 1.165) is 0 Å². The number of sulfonamides is 1. The average molecular weight is 320 g/mol. The Hall–Kier alpha value is -1.31. The van der Waals surface area contributed by atoms with E-state index in [1.54, 1.807) is 13.8 Å². The number of rotatable bonds is 6. The van der Waals surface area contributed by atoms with Crippen molar-refractivity contribution in [1.82, 2.24) is 10.0 Å². The topological polar surface area (TPSA) is 101 Å². The van der Waals surface area contributed by atoms with Crippen LogP contribution in [0, 0.1) is 6.92 Å². The van der Waals surface area contributed by atoms with Gasteiger partial charge in [0.2, 0.25) is 15.9 Å². The van der Waals surface area contributed by atoms with Gasteiger partial charge in [-0.2, -0.15) is 0 Å². The van der Waals surface area contributed by atoms with Crippen LogP contribution in [0.1, 0.15) is 18.9 Å². The first-order valence-corrected chi connectivity index (χ1v) is 7.96. The normalized spacial score (nSPS) is 11.3. The molecule has 0 bridgehead atoms. The van der Waals surface area contributed by atoms with Gasteiger partial charge in [-0.25, -0.2) is 13.1 Å². The molecule has 0 aliphatic heterocycles. The number of anilines is 1. The highest BCUT2D eigenvalue weighted by Crippen LogP contribution is 2.25. The third kappa shape index (κ3) is 4.36. The lowest BCUT2D eigenvalue weighted by atomic mass is 10.2. The standard InChI is InChI=1S/C12H18ClN3O3S/c1-3-15-12(17)4-5-16-20(18,19)9-6-10(13)8(2)11(14)7-9/h6-7,16H,3-5,14H2,1-2H3,(H,15,17). The summed E-state index contributed by atoms with van der Waals surface area (Å²) in [6.45, 7) is 4.02. The van der Waals surface area contributed by atoms with Gasteiger partial charge in [-0.05, 0) is 31.5 Å². The van der Waals surface area contributed by atoms with E-state index in [4.69, 9.17) is 17.3 Å². The summed E-state index contributed by atoms with van der Waals surface area (Å²) in [5, 5.41) is 2.87. The van der Waals surface area contributed by atoms with E-state index in [0.29, 0.717) is 17.8 Å².